The minimum atomic E-state index is -2.12. The van der Waals surface area contributed by atoms with Crippen molar-refractivity contribution in [1.29, 1.82) is 0 Å². The van der Waals surface area contributed by atoms with Gasteiger partial charge in [-0.05, 0) is 45.6 Å². The summed E-state index contributed by atoms with van der Waals surface area (Å²) < 4.78 is 3.18. The maximum absolute atomic E-state index is 2.55. The molecular weight excluding hydrogens is 272 g/mol. The Kier molecular flexibility index (Phi) is 2.91. The number of hydrogen-bond donors (Lipinski definition) is 0. The summed E-state index contributed by atoms with van der Waals surface area (Å²) in [7, 11) is -2.12. The number of thioether (sulfide) groups is 3. The predicted octanol–water partition coefficient (Wildman–Crippen LogP) is 5.46. The zero-order valence-corrected chi connectivity index (χ0v) is 13.6. The first-order valence-corrected chi connectivity index (χ1v) is 11.8. The smallest absolute Gasteiger partial charge is 0.0665 e. The minimum absolute atomic E-state index is 1.26. The lowest BCUT2D eigenvalue weighted by Gasteiger charge is -2.71. The van der Waals surface area contributed by atoms with Crippen molar-refractivity contribution >= 4 is 43.6 Å². The molecule has 0 unspecified atom stereocenters. The zero-order chi connectivity index (χ0) is 11.9. The van der Waals surface area contributed by atoms with Gasteiger partial charge in [-0.2, -0.15) is 0 Å². The average molecular weight is 293 g/mol. The Balaban J connectivity index is 2.63. The highest BCUT2D eigenvalue weighted by molar-refractivity contribution is 8.73. The quantitative estimate of drug-likeness (QED) is 0.663. The van der Waals surface area contributed by atoms with Gasteiger partial charge in [0.25, 0.3) is 0 Å². The van der Waals surface area contributed by atoms with E-state index in [1.54, 1.807) is 4.24 Å². The van der Waals surface area contributed by atoms with Crippen LogP contribution >= 0.6 is 43.6 Å². The first kappa shape index (κ1) is 13.1. The van der Waals surface area contributed by atoms with Crippen LogP contribution in [0.15, 0.2) is 30.1 Å². The topological polar surface area (TPSA) is 0 Å². The van der Waals surface area contributed by atoms with E-state index in [0.717, 1.165) is 0 Å². The standard InChI is InChI=1S/C12H20S4/c1-5-16(3,4,6-2)10-9-15-12(16)11-13-7-8-14-11/h7-10H,5-6H2,1-4H3. The van der Waals surface area contributed by atoms with E-state index in [4.69, 9.17) is 0 Å². The molecule has 4 heteroatoms. The van der Waals surface area contributed by atoms with E-state index in [-0.39, 0.29) is 0 Å². The summed E-state index contributed by atoms with van der Waals surface area (Å²) >= 11 is 5.76. The SMILES string of the molecule is CCS1(C)(C)(CC)C=CSC1=C1SC=CS1. The highest BCUT2D eigenvalue weighted by Crippen LogP contribution is 2.95. The number of hydrogen-bond acceptors (Lipinski definition) is 3. The predicted molar refractivity (Wildman–Crippen MR) is 88.6 cm³/mol. The normalized spacial score (nSPS) is 33.2. The second kappa shape index (κ2) is 3.56. The molecular formula is C12H20S4. The van der Waals surface area contributed by atoms with Crippen molar-refractivity contribution < 1.29 is 0 Å². The number of rotatable bonds is 2. The van der Waals surface area contributed by atoms with Crippen LogP contribution in [0.3, 0.4) is 0 Å². The minimum Gasteiger partial charge on any atom is -0.236 e. The molecule has 0 N–H and O–H groups in total. The summed E-state index contributed by atoms with van der Waals surface area (Å²) in [6, 6.07) is 0. The van der Waals surface area contributed by atoms with Crippen LogP contribution < -0.4 is 0 Å². The second-order valence-electron chi connectivity index (χ2n) is 5.44. The molecule has 2 aliphatic rings. The molecule has 0 aromatic heterocycles. The molecule has 2 aliphatic heterocycles. The maximum atomic E-state index is 2.55. The van der Waals surface area contributed by atoms with Crippen molar-refractivity contribution in [2.24, 2.45) is 0 Å². The molecule has 0 saturated heterocycles. The highest BCUT2D eigenvalue weighted by Gasteiger charge is 2.54. The lowest BCUT2D eigenvalue weighted by molar-refractivity contribution is 1.35. The fraction of sp³-hybridized carbons (Fsp3) is 0.500. The van der Waals surface area contributed by atoms with Gasteiger partial charge in [-0.25, -0.2) is 8.29 Å². The molecule has 0 aromatic rings. The van der Waals surface area contributed by atoms with Crippen LogP contribution in [0.25, 0.3) is 0 Å². The van der Waals surface area contributed by atoms with Crippen LogP contribution in [0.1, 0.15) is 13.8 Å². The fourth-order valence-corrected chi connectivity index (χ4v) is 13.1. The van der Waals surface area contributed by atoms with Gasteiger partial charge in [-0.1, -0.05) is 49.1 Å². The molecule has 0 fully saturated rings. The Morgan fingerprint density at radius 1 is 0.938 bits per heavy atom. The summed E-state index contributed by atoms with van der Waals surface area (Å²) in [5, 5.41) is 9.29. The van der Waals surface area contributed by atoms with Gasteiger partial charge < -0.3 is 0 Å². The molecule has 0 spiro atoms. The third-order valence-corrected chi connectivity index (χ3v) is 17.3. The molecule has 2 heterocycles. The first-order valence-electron chi connectivity index (χ1n) is 5.48. The van der Waals surface area contributed by atoms with Gasteiger partial charge in [-0.15, -0.1) is 0 Å². The van der Waals surface area contributed by atoms with Crippen molar-refractivity contribution in [3.63, 3.8) is 0 Å². The van der Waals surface area contributed by atoms with Gasteiger partial charge in [-0.3, -0.25) is 0 Å². The van der Waals surface area contributed by atoms with Gasteiger partial charge in [0.2, 0.25) is 0 Å². The van der Waals surface area contributed by atoms with E-state index in [1.807, 2.05) is 35.3 Å². The monoisotopic (exact) mass is 292 g/mol. The summed E-state index contributed by atoms with van der Waals surface area (Å²) in [4.78, 5) is 0. The van der Waals surface area contributed by atoms with E-state index in [1.165, 1.54) is 15.7 Å². The zero-order valence-electron chi connectivity index (χ0n) is 10.4. The second-order valence-corrected chi connectivity index (χ2v) is 17.3. The Morgan fingerprint density at radius 3 is 2.00 bits per heavy atom. The van der Waals surface area contributed by atoms with Crippen molar-refractivity contribution in [2.75, 3.05) is 24.0 Å². The molecule has 0 bridgehead atoms. The Labute approximate surface area is 111 Å². The van der Waals surface area contributed by atoms with E-state index in [0.29, 0.717) is 0 Å². The summed E-state index contributed by atoms with van der Waals surface area (Å²) in [6.45, 7) is 4.72. The third-order valence-electron chi connectivity index (χ3n) is 4.26. The molecule has 0 radical (unpaired) electrons. The third kappa shape index (κ3) is 1.64. The summed E-state index contributed by atoms with van der Waals surface area (Å²) in [6.07, 6.45) is 5.08. The van der Waals surface area contributed by atoms with Crippen molar-refractivity contribution in [2.45, 2.75) is 13.8 Å². The van der Waals surface area contributed by atoms with Gasteiger partial charge in [0, 0.05) is 4.24 Å². The van der Waals surface area contributed by atoms with Crippen molar-refractivity contribution in [3.8, 4) is 0 Å². The molecule has 2 rings (SSSR count). The van der Waals surface area contributed by atoms with Crippen LogP contribution in [0.2, 0.25) is 0 Å². The average Bonchev–Trinajstić information content (AvgIpc) is 2.87. The van der Waals surface area contributed by atoms with Gasteiger partial charge in [0.1, 0.15) is 0 Å². The largest absolute Gasteiger partial charge is 0.236 e. The van der Waals surface area contributed by atoms with Crippen LogP contribution in [0.4, 0.5) is 0 Å². The molecule has 0 amide bonds. The summed E-state index contributed by atoms with van der Waals surface area (Å²) in [5.74, 6) is 2.53. The van der Waals surface area contributed by atoms with Crippen LogP contribution in [0.5, 0.6) is 0 Å². The molecule has 0 atom stereocenters. The fourth-order valence-electron chi connectivity index (χ4n) is 1.90. The molecule has 0 aliphatic carbocycles. The lowest BCUT2D eigenvalue weighted by atomic mass is 10.9. The van der Waals surface area contributed by atoms with Gasteiger partial charge >= 0.3 is 0 Å². The molecule has 0 nitrogen and oxygen atoms in total. The van der Waals surface area contributed by atoms with Gasteiger partial charge in [0.05, 0.1) is 4.24 Å². The molecule has 0 aromatic carbocycles. The Morgan fingerprint density at radius 2 is 1.50 bits per heavy atom. The highest BCUT2D eigenvalue weighted by atomic mass is 32.4. The molecule has 92 valence electrons. The van der Waals surface area contributed by atoms with E-state index in [2.05, 4.69) is 48.0 Å². The van der Waals surface area contributed by atoms with Crippen molar-refractivity contribution in [1.82, 2.24) is 0 Å². The Hall–Kier alpha value is 0.620. The van der Waals surface area contributed by atoms with E-state index < -0.39 is 8.29 Å². The van der Waals surface area contributed by atoms with Crippen LogP contribution in [-0.4, -0.2) is 24.0 Å². The lowest BCUT2D eigenvalue weighted by Crippen LogP contribution is -2.35. The summed E-state index contributed by atoms with van der Waals surface area (Å²) in [5.41, 5.74) is 0. The van der Waals surface area contributed by atoms with E-state index in [9.17, 15) is 0 Å². The molecule has 16 heavy (non-hydrogen) atoms. The Bertz CT molecular complexity index is 408. The maximum Gasteiger partial charge on any atom is 0.0665 e. The van der Waals surface area contributed by atoms with E-state index >= 15 is 0 Å². The molecule has 0 saturated carbocycles. The van der Waals surface area contributed by atoms with Gasteiger partial charge in [0.15, 0.2) is 0 Å². The van der Waals surface area contributed by atoms with Crippen LogP contribution in [-0.2, 0) is 0 Å². The van der Waals surface area contributed by atoms with Crippen molar-refractivity contribution in [3.05, 3.63) is 30.1 Å². The van der Waals surface area contributed by atoms with Crippen LogP contribution in [0, 0.1) is 0 Å². The first-order chi connectivity index (χ1) is 7.39.